The first-order valence-corrected chi connectivity index (χ1v) is 15.4. The highest BCUT2D eigenvalue weighted by molar-refractivity contribution is 5.97. The Bertz CT molecular complexity index is 2150. The van der Waals surface area contributed by atoms with Gasteiger partial charge in [0.15, 0.2) is 0 Å². The van der Waals surface area contributed by atoms with E-state index in [2.05, 4.69) is 9.97 Å². The summed E-state index contributed by atoms with van der Waals surface area (Å²) in [7, 11) is 0. The zero-order valence-corrected chi connectivity index (χ0v) is 27.0. The van der Waals surface area contributed by atoms with E-state index in [0.29, 0.717) is 50.4 Å². The lowest BCUT2D eigenvalue weighted by molar-refractivity contribution is -0.137. The van der Waals surface area contributed by atoms with E-state index in [9.17, 15) is 39.6 Å². The van der Waals surface area contributed by atoms with Gasteiger partial charge in [0.1, 0.15) is 0 Å². The Hall–Kier alpha value is -5.78. The Kier molecular flexibility index (Phi) is 9.46. The van der Waals surface area contributed by atoms with E-state index in [1.54, 1.807) is 6.07 Å². The molecule has 2 aliphatic heterocycles. The molecule has 0 spiro atoms. The van der Waals surface area contributed by atoms with Crippen LogP contribution >= 0.6 is 0 Å². The molecular formula is C36H36N4O8. The van der Waals surface area contributed by atoms with Gasteiger partial charge in [0.25, 0.3) is 0 Å². The van der Waals surface area contributed by atoms with Crippen molar-refractivity contribution in [2.75, 3.05) is 0 Å². The second kappa shape index (κ2) is 13.5. The summed E-state index contributed by atoms with van der Waals surface area (Å²) in [6, 6.07) is 7.29. The second-order valence-corrected chi connectivity index (χ2v) is 11.9. The van der Waals surface area contributed by atoms with E-state index in [-0.39, 0.29) is 38.5 Å². The van der Waals surface area contributed by atoms with Gasteiger partial charge in [-0.3, -0.25) is 14.4 Å². The molecule has 0 amide bonds. The third kappa shape index (κ3) is 6.97. The van der Waals surface area contributed by atoms with Gasteiger partial charge < -0.3 is 30.4 Å². The van der Waals surface area contributed by atoms with Crippen molar-refractivity contribution in [2.45, 2.75) is 66.2 Å². The third-order valence-electron chi connectivity index (χ3n) is 8.88. The summed E-state index contributed by atoms with van der Waals surface area (Å²) in [4.78, 5) is 62.9. The normalized spacial score (nSPS) is 13.1. The third-order valence-corrected chi connectivity index (χ3v) is 8.88. The van der Waals surface area contributed by atoms with Crippen LogP contribution < -0.4 is 0 Å². The van der Waals surface area contributed by atoms with E-state index in [1.807, 2.05) is 45.9 Å². The number of fused-ring (bicyclic) bond motifs is 8. The molecule has 0 fully saturated rings. The molecule has 0 aliphatic carbocycles. The first-order chi connectivity index (χ1) is 22.7. The average Bonchev–Trinajstić information content (AvgIpc) is 3.66. The van der Waals surface area contributed by atoms with Gasteiger partial charge in [0.05, 0.1) is 22.8 Å². The van der Waals surface area contributed by atoms with Crippen molar-refractivity contribution in [3.63, 3.8) is 0 Å². The lowest BCUT2D eigenvalue weighted by Gasteiger charge is -2.04. The van der Waals surface area contributed by atoms with Crippen molar-refractivity contribution in [3.8, 4) is 0 Å². The summed E-state index contributed by atoms with van der Waals surface area (Å²) in [5, 5.41) is 37.9. The zero-order chi connectivity index (χ0) is 34.9. The summed E-state index contributed by atoms with van der Waals surface area (Å²) in [5.74, 6) is -3.97. The van der Waals surface area contributed by atoms with Crippen LogP contribution in [0.1, 0.15) is 91.0 Å². The van der Waals surface area contributed by atoms with Crippen molar-refractivity contribution in [2.24, 2.45) is 0 Å². The van der Waals surface area contributed by atoms with Crippen LogP contribution in [0.5, 0.6) is 0 Å². The van der Waals surface area contributed by atoms with E-state index in [4.69, 9.17) is 9.97 Å². The fraction of sp³-hybridized carbons (Fsp3) is 0.278. The number of H-pyrrole nitrogens is 2. The van der Waals surface area contributed by atoms with Gasteiger partial charge in [-0.1, -0.05) is 0 Å². The molecule has 3 aromatic heterocycles. The van der Waals surface area contributed by atoms with Gasteiger partial charge >= 0.3 is 23.9 Å². The number of hydrogen-bond acceptors (Lipinski definition) is 6. The number of hydrogen-bond donors (Lipinski definition) is 6. The van der Waals surface area contributed by atoms with Gasteiger partial charge in [-0.15, -0.1) is 0 Å². The Balaban J connectivity index is 1.93. The van der Waals surface area contributed by atoms with Gasteiger partial charge in [0, 0.05) is 53.0 Å². The maximum absolute atomic E-state index is 11.6. The molecule has 3 aromatic rings. The predicted octanol–water partition coefficient (Wildman–Crippen LogP) is 6.64. The molecular weight excluding hydrogens is 616 g/mol. The molecule has 6 N–H and O–H groups in total. The highest BCUT2D eigenvalue weighted by Gasteiger charge is 2.23. The smallest absolute Gasteiger partial charge is 0.328 e. The van der Waals surface area contributed by atoms with Crippen LogP contribution in [-0.4, -0.2) is 64.2 Å². The van der Waals surface area contributed by atoms with Crippen molar-refractivity contribution >= 4 is 74.3 Å². The van der Waals surface area contributed by atoms with Crippen LogP contribution in [0.15, 0.2) is 30.3 Å². The Morgan fingerprint density at radius 3 is 1.65 bits per heavy atom. The summed E-state index contributed by atoms with van der Waals surface area (Å²) in [6.45, 7) is 7.48. The number of aromatic nitrogens is 4. The Morgan fingerprint density at radius 2 is 1.08 bits per heavy atom. The first kappa shape index (κ1) is 33.6. The summed E-state index contributed by atoms with van der Waals surface area (Å²) >= 11 is 0. The fourth-order valence-electron chi connectivity index (χ4n) is 6.20. The van der Waals surface area contributed by atoms with Crippen molar-refractivity contribution < 1.29 is 39.6 Å². The van der Waals surface area contributed by atoms with Crippen LogP contribution in [0.25, 0.3) is 50.4 Å². The maximum Gasteiger partial charge on any atom is 0.328 e. The number of nitrogens with one attached hydrogen (secondary N) is 2. The number of aromatic amines is 2. The summed E-state index contributed by atoms with van der Waals surface area (Å²) < 4.78 is 0. The molecule has 12 heteroatoms. The lowest BCUT2D eigenvalue weighted by Crippen LogP contribution is -1.97. The number of allylic oxidation sites excluding steroid dienone is 4. The molecule has 0 saturated heterocycles. The average molecular weight is 653 g/mol. The van der Waals surface area contributed by atoms with Crippen molar-refractivity contribution in [1.82, 2.24) is 19.9 Å². The topological polar surface area (TPSA) is 207 Å². The largest absolute Gasteiger partial charge is 0.481 e. The molecule has 5 heterocycles. The van der Waals surface area contributed by atoms with Gasteiger partial charge in [-0.2, -0.15) is 0 Å². The van der Waals surface area contributed by atoms with E-state index in [0.717, 1.165) is 45.1 Å². The summed E-state index contributed by atoms with van der Waals surface area (Å²) in [6.07, 6.45) is 2.90. The number of rotatable bonds is 11. The molecule has 0 radical (unpaired) electrons. The summed E-state index contributed by atoms with van der Waals surface area (Å²) in [5.41, 5.74) is 10.8. The van der Waals surface area contributed by atoms with Gasteiger partial charge in [0.2, 0.25) is 0 Å². The molecule has 248 valence electrons. The van der Waals surface area contributed by atoms with Crippen LogP contribution in [0.3, 0.4) is 0 Å². The van der Waals surface area contributed by atoms with Gasteiger partial charge in [-0.25, -0.2) is 14.8 Å². The Labute approximate surface area is 275 Å². The minimum Gasteiger partial charge on any atom is -0.481 e. The number of nitrogens with zero attached hydrogens (tertiary/aromatic N) is 2. The highest BCUT2D eigenvalue weighted by Crippen LogP contribution is 2.38. The number of carboxylic acids is 4. The van der Waals surface area contributed by atoms with E-state index < -0.39 is 23.9 Å². The molecule has 0 saturated carbocycles. The molecule has 0 unspecified atom stereocenters. The lowest BCUT2D eigenvalue weighted by atomic mass is 9.99. The minimum atomic E-state index is -1.12. The number of carboxylic acid groups (broad SMARTS) is 4. The molecule has 2 aliphatic rings. The molecule has 8 bridgehead atoms. The van der Waals surface area contributed by atoms with Gasteiger partial charge in [-0.05, 0) is 116 Å². The van der Waals surface area contributed by atoms with Crippen LogP contribution in [0, 0.1) is 13.8 Å². The van der Waals surface area contributed by atoms with Crippen molar-refractivity contribution in [1.29, 1.82) is 0 Å². The fourth-order valence-corrected chi connectivity index (χ4v) is 6.20. The SMILES string of the molecule is CC1=C(CCC(=O)O)c2cc3nc(cc4[nH]c(cc5[nH]c(cc1n2)c(C)c5/C=C/C(=O)O)c(CCC(=O)O)c4C)C(CCC(=O)O)=C3C. The molecule has 0 aromatic carbocycles. The highest BCUT2D eigenvalue weighted by atomic mass is 16.4. The van der Waals surface area contributed by atoms with Crippen LogP contribution in [0.4, 0.5) is 0 Å². The van der Waals surface area contributed by atoms with E-state index in [1.165, 1.54) is 6.08 Å². The molecule has 12 nitrogen and oxygen atoms in total. The number of carbonyl (C=O) groups is 4. The first-order valence-electron chi connectivity index (χ1n) is 15.4. The van der Waals surface area contributed by atoms with Crippen LogP contribution in [-0.2, 0) is 25.6 Å². The maximum atomic E-state index is 11.6. The minimum absolute atomic E-state index is 0.105. The number of aliphatic carboxylic acids is 4. The quantitative estimate of drug-likeness (QED) is 0.122. The predicted molar refractivity (Wildman–Crippen MR) is 182 cm³/mol. The molecule has 48 heavy (non-hydrogen) atoms. The van der Waals surface area contributed by atoms with E-state index >= 15 is 0 Å². The zero-order valence-electron chi connectivity index (χ0n) is 27.0. The Morgan fingerprint density at radius 1 is 0.604 bits per heavy atom. The molecule has 5 rings (SSSR count). The second-order valence-electron chi connectivity index (χ2n) is 11.9. The monoisotopic (exact) mass is 652 g/mol. The van der Waals surface area contributed by atoms with Crippen LogP contribution in [0.2, 0.25) is 0 Å². The number of aryl methyl sites for hydroxylation is 3. The standard InChI is InChI=1S/C36H36N4O8/c1-17-21(5-9-33(41)42)29-14-27-19(3)22(6-10-34(43)44)30(39-27)15-28-20(4)24(8-12-36(47)48)32(40-28)16-31-23(7-11-35(45)46)18(2)26(38-31)13-25(17)37-29/h7,11,13-16,38,40H,5-6,8-10,12H2,1-4H3,(H,41,42)(H,43,44)(H,45,46)(H,47,48)/b11-7+,25-13?,26-13?,27-14?,28-15?,29-14?,30-15?,31-16?,32-16?. The van der Waals surface area contributed by atoms with Crippen molar-refractivity contribution in [3.05, 3.63) is 75.4 Å². The molecule has 0 atom stereocenters.